The number of carbonyl (C=O) groups is 1. The van der Waals surface area contributed by atoms with Gasteiger partial charge in [-0.3, -0.25) is 4.79 Å². The summed E-state index contributed by atoms with van der Waals surface area (Å²) in [4.78, 5) is 14.7. The first-order valence-electron chi connectivity index (χ1n) is 4.13. The summed E-state index contributed by atoms with van der Waals surface area (Å²) < 4.78 is 4.90. The van der Waals surface area contributed by atoms with E-state index in [-0.39, 0.29) is 0 Å². The highest BCUT2D eigenvalue weighted by Gasteiger charge is 2.21. The predicted molar refractivity (Wildman–Crippen MR) is 47.9 cm³/mol. The highest BCUT2D eigenvalue weighted by Crippen LogP contribution is 2.23. The molecule has 0 saturated heterocycles. The van der Waals surface area contributed by atoms with Gasteiger partial charge in [0.25, 0.3) is 5.71 Å². The molecule has 0 aliphatic heterocycles. The fourth-order valence-electron chi connectivity index (χ4n) is 1.23. The minimum atomic E-state index is -0.927. The van der Waals surface area contributed by atoms with Crippen LogP contribution in [0.5, 0.6) is 0 Å². The molecule has 1 N–H and O–H groups in total. The van der Waals surface area contributed by atoms with Gasteiger partial charge in [0.15, 0.2) is 0 Å². The number of hydrogen-bond donors (Lipinski definition) is 1. The summed E-state index contributed by atoms with van der Waals surface area (Å²) in [6.07, 6.45) is 1.57. The van der Waals surface area contributed by atoms with Crippen molar-refractivity contribution in [3.63, 3.8) is 0 Å². The van der Waals surface area contributed by atoms with Crippen LogP contribution in [0.2, 0.25) is 0 Å². The Kier molecular flexibility index (Phi) is 1.92. The molecule has 0 aliphatic carbocycles. The zero-order valence-corrected chi connectivity index (χ0v) is 7.47. The van der Waals surface area contributed by atoms with Gasteiger partial charge in [-0.05, 0) is 19.1 Å². The van der Waals surface area contributed by atoms with Crippen molar-refractivity contribution in [1.29, 1.82) is 0 Å². The average Bonchev–Trinajstić information content (AvgIpc) is 2.60. The lowest BCUT2D eigenvalue weighted by Gasteiger charge is -1.99. The Balaban J connectivity index is 2.58. The highest BCUT2D eigenvalue weighted by molar-refractivity contribution is 5.84. The van der Waals surface area contributed by atoms with Gasteiger partial charge < -0.3 is 9.63 Å². The molecule has 0 spiro atoms. The topological polar surface area (TPSA) is 76.2 Å². The predicted octanol–water partition coefficient (Wildman–Crippen LogP) is 1.41. The van der Waals surface area contributed by atoms with Gasteiger partial charge in [-0.15, -0.1) is 0 Å². The molecule has 0 amide bonds. The van der Waals surface area contributed by atoms with E-state index in [2.05, 4.69) is 10.1 Å². The summed E-state index contributed by atoms with van der Waals surface area (Å²) in [5.74, 6) is -1.61. The zero-order valence-electron chi connectivity index (χ0n) is 7.47. The monoisotopic (exact) mass is 192 g/mol. The largest absolute Gasteiger partial charge is 0.481 e. The first-order chi connectivity index (χ1) is 6.70. The van der Waals surface area contributed by atoms with Crippen LogP contribution in [0.1, 0.15) is 18.5 Å². The number of carboxylic acids is 1. The number of fused-ring (bicyclic) bond motifs is 1. The SMILES string of the molecule is CC(C(=O)O)c1noc2ncccc12. The molecule has 5 nitrogen and oxygen atoms in total. The van der Waals surface area contributed by atoms with E-state index in [1.54, 1.807) is 25.3 Å². The Hall–Kier alpha value is -1.91. The molecule has 14 heavy (non-hydrogen) atoms. The second kappa shape index (κ2) is 3.10. The second-order valence-electron chi connectivity index (χ2n) is 2.98. The molecule has 0 saturated carbocycles. The highest BCUT2D eigenvalue weighted by atomic mass is 16.5. The Morgan fingerprint density at radius 2 is 2.43 bits per heavy atom. The number of pyridine rings is 1. The van der Waals surface area contributed by atoms with Crippen molar-refractivity contribution < 1.29 is 14.4 Å². The van der Waals surface area contributed by atoms with E-state index in [0.717, 1.165) is 0 Å². The number of carboxylic acid groups (broad SMARTS) is 1. The maximum Gasteiger partial charge on any atom is 0.312 e. The summed E-state index contributed by atoms with van der Waals surface area (Å²) in [6, 6.07) is 3.46. The molecule has 2 aromatic rings. The maximum atomic E-state index is 10.7. The van der Waals surface area contributed by atoms with Crippen LogP contribution in [-0.2, 0) is 4.79 Å². The van der Waals surface area contributed by atoms with Gasteiger partial charge in [-0.25, -0.2) is 4.98 Å². The number of nitrogens with zero attached hydrogens (tertiary/aromatic N) is 2. The van der Waals surface area contributed by atoms with Crippen molar-refractivity contribution in [1.82, 2.24) is 10.1 Å². The van der Waals surface area contributed by atoms with Crippen molar-refractivity contribution in [2.24, 2.45) is 0 Å². The number of aliphatic carboxylic acids is 1. The standard InChI is InChI=1S/C9H8N2O3/c1-5(9(12)13)7-6-3-2-4-10-8(6)14-11-7/h2-5H,1H3,(H,12,13). The lowest BCUT2D eigenvalue weighted by Crippen LogP contribution is -2.07. The van der Waals surface area contributed by atoms with Gasteiger partial charge >= 0.3 is 5.97 Å². The van der Waals surface area contributed by atoms with Crippen LogP contribution >= 0.6 is 0 Å². The molecule has 5 heteroatoms. The van der Waals surface area contributed by atoms with E-state index in [4.69, 9.17) is 9.63 Å². The van der Waals surface area contributed by atoms with Crippen LogP contribution in [-0.4, -0.2) is 21.2 Å². The molecule has 2 heterocycles. The summed E-state index contributed by atoms with van der Waals surface area (Å²) in [5.41, 5.74) is 0.788. The maximum absolute atomic E-state index is 10.7. The Morgan fingerprint density at radius 3 is 3.14 bits per heavy atom. The molecule has 0 radical (unpaired) electrons. The molecule has 1 unspecified atom stereocenters. The number of aromatic nitrogens is 2. The van der Waals surface area contributed by atoms with Gasteiger partial charge in [0, 0.05) is 6.20 Å². The van der Waals surface area contributed by atoms with E-state index in [0.29, 0.717) is 16.8 Å². The minimum Gasteiger partial charge on any atom is -0.481 e. The van der Waals surface area contributed by atoms with Crippen LogP contribution in [0.15, 0.2) is 22.9 Å². The van der Waals surface area contributed by atoms with Crippen molar-refractivity contribution in [2.75, 3.05) is 0 Å². The lowest BCUT2D eigenvalue weighted by atomic mass is 10.1. The van der Waals surface area contributed by atoms with Crippen molar-refractivity contribution in [2.45, 2.75) is 12.8 Å². The van der Waals surface area contributed by atoms with E-state index < -0.39 is 11.9 Å². The molecule has 0 fully saturated rings. The van der Waals surface area contributed by atoms with Gasteiger partial charge in [0.05, 0.1) is 5.39 Å². The molecule has 2 aromatic heterocycles. The third kappa shape index (κ3) is 1.22. The molecule has 0 aliphatic rings. The van der Waals surface area contributed by atoms with Crippen LogP contribution in [0.3, 0.4) is 0 Å². The lowest BCUT2D eigenvalue weighted by molar-refractivity contribution is -0.138. The van der Waals surface area contributed by atoms with Gasteiger partial charge in [-0.1, -0.05) is 5.16 Å². The molecule has 0 aromatic carbocycles. The Labute approximate surface area is 79.3 Å². The third-order valence-electron chi connectivity index (χ3n) is 2.06. The molecular formula is C9H8N2O3. The van der Waals surface area contributed by atoms with Crippen LogP contribution < -0.4 is 0 Å². The summed E-state index contributed by atoms with van der Waals surface area (Å²) >= 11 is 0. The van der Waals surface area contributed by atoms with Crippen molar-refractivity contribution in [3.05, 3.63) is 24.0 Å². The van der Waals surface area contributed by atoms with E-state index in [9.17, 15) is 4.79 Å². The fraction of sp³-hybridized carbons (Fsp3) is 0.222. The fourth-order valence-corrected chi connectivity index (χ4v) is 1.23. The molecule has 2 rings (SSSR count). The number of hydrogen-bond acceptors (Lipinski definition) is 4. The summed E-state index contributed by atoms with van der Waals surface area (Å²) in [7, 11) is 0. The first kappa shape index (κ1) is 8.68. The molecule has 72 valence electrons. The van der Waals surface area contributed by atoms with Crippen molar-refractivity contribution in [3.8, 4) is 0 Å². The minimum absolute atomic E-state index is 0.371. The Bertz CT molecular complexity index is 478. The van der Waals surface area contributed by atoms with Crippen LogP contribution in [0.4, 0.5) is 0 Å². The number of rotatable bonds is 2. The van der Waals surface area contributed by atoms with Crippen LogP contribution in [0, 0.1) is 0 Å². The second-order valence-corrected chi connectivity index (χ2v) is 2.98. The third-order valence-corrected chi connectivity index (χ3v) is 2.06. The smallest absolute Gasteiger partial charge is 0.312 e. The molecule has 1 atom stereocenters. The average molecular weight is 192 g/mol. The normalized spacial score (nSPS) is 12.9. The Morgan fingerprint density at radius 1 is 1.64 bits per heavy atom. The van der Waals surface area contributed by atoms with Crippen molar-refractivity contribution >= 4 is 17.1 Å². The summed E-state index contributed by atoms with van der Waals surface area (Å²) in [6.45, 7) is 1.56. The van der Waals surface area contributed by atoms with E-state index >= 15 is 0 Å². The first-order valence-corrected chi connectivity index (χ1v) is 4.13. The van der Waals surface area contributed by atoms with Gasteiger partial charge in [0.1, 0.15) is 11.6 Å². The van der Waals surface area contributed by atoms with Gasteiger partial charge in [-0.2, -0.15) is 0 Å². The molecular weight excluding hydrogens is 184 g/mol. The van der Waals surface area contributed by atoms with E-state index in [1.807, 2.05) is 0 Å². The van der Waals surface area contributed by atoms with Gasteiger partial charge in [0.2, 0.25) is 0 Å². The van der Waals surface area contributed by atoms with Crippen LogP contribution in [0.25, 0.3) is 11.1 Å². The molecule has 0 bridgehead atoms. The zero-order chi connectivity index (χ0) is 10.1. The quantitative estimate of drug-likeness (QED) is 0.778. The van der Waals surface area contributed by atoms with E-state index in [1.165, 1.54) is 0 Å². The summed E-state index contributed by atoms with van der Waals surface area (Å²) in [5, 5.41) is 13.2.